The molecule has 0 saturated heterocycles. The van der Waals surface area contributed by atoms with Gasteiger partial charge in [-0.1, -0.05) is 48.0 Å². The van der Waals surface area contributed by atoms with Crippen LogP contribution < -0.4 is 5.43 Å². The van der Waals surface area contributed by atoms with Crippen LogP contribution >= 0.6 is 11.6 Å². The highest BCUT2D eigenvalue weighted by Crippen LogP contribution is 2.29. The summed E-state index contributed by atoms with van der Waals surface area (Å²) in [6.07, 6.45) is 0. The van der Waals surface area contributed by atoms with Crippen LogP contribution in [0.15, 0.2) is 65.5 Å². The second kappa shape index (κ2) is 6.89. The van der Waals surface area contributed by atoms with Crippen molar-refractivity contribution in [3.63, 3.8) is 0 Å². The molecular formula is C22H16ClNO3. The Morgan fingerprint density at radius 3 is 2.59 bits per heavy atom. The van der Waals surface area contributed by atoms with Gasteiger partial charge in [0.05, 0.1) is 23.1 Å². The lowest BCUT2D eigenvalue weighted by molar-refractivity contribution is 0.0528. The lowest BCUT2D eigenvalue weighted by atomic mass is 10.00. The highest BCUT2D eigenvalue weighted by molar-refractivity contribution is 6.30. The fourth-order valence-electron chi connectivity index (χ4n) is 3.26. The Bertz CT molecular complexity index is 1230. The third kappa shape index (κ3) is 3.09. The number of esters is 1. The fraction of sp³-hybridized carbons (Fsp3) is 0.0909. The minimum absolute atomic E-state index is 0.0996. The summed E-state index contributed by atoms with van der Waals surface area (Å²) in [5.41, 5.74) is 2.50. The van der Waals surface area contributed by atoms with E-state index in [1.807, 2.05) is 30.3 Å². The highest BCUT2D eigenvalue weighted by atomic mass is 35.5. The zero-order valence-electron chi connectivity index (χ0n) is 14.6. The van der Waals surface area contributed by atoms with Crippen LogP contribution in [0.3, 0.4) is 0 Å². The number of carbonyl (C=O) groups is 1. The molecule has 0 atom stereocenters. The van der Waals surface area contributed by atoms with Gasteiger partial charge in [0.1, 0.15) is 0 Å². The first-order valence-electron chi connectivity index (χ1n) is 8.60. The number of aromatic amines is 1. The SMILES string of the molecule is CCOC(=O)c1cc(-c2ccc(Cl)cc2)[nH]c2c1ccc1cccc(=O)c12. The van der Waals surface area contributed by atoms with Crippen LogP contribution in [0, 0.1) is 0 Å². The number of hydrogen-bond donors (Lipinski definition) is 1. The quantitative estimate of drug-likeness (QED) is 0.395. The lowest BCUT2D eigenvalue weighted by Crippen LogP contribution is -2.08. The third-order valence-corrected chi connectivity index (χ3v) is 4.75. The van der Waals surface area contributed by atoms with E-state index in [2.05, 4.69) is 4.98 Å². The van der Waals surface area contributed by atoms with Crippen LogP contribution in [0.25, 0.3) is 32.9 Å². The van der Waals surface area contributed by atoms with Gasteiger partial charge >= 0.3 is 5.97 Å². The lowest BCUT2D eigenvalue weighted by Gasteiger charge is -2.12. The maximum absolute atomic E-state index is 12.6. The first-order valence-corrected chi connectivity index (χ1v) is 8.98. The summed E-state index contributed by atoms with van der Waals surface area (Å²) >= 11 is 5.99. The molecule has 3 aromatic carbocycles. The average Bonchev–Trinajstić information content (AvgIpc) is 2.67. The van der Waals surface area contributed by atoms with Crippen molar-refractivity contribution in [2.45, 2.75) is 6.92 Å². The summed E-state index contributed by atoms with van der Waals surface area (Å²) in [5.74, 6) is -0.422. The van der Waals surface area contributed by atoms with E-state index in [0.717, 1.165) is 10.9 Å². The smallest absolute Gasteiger partial charge is 0.338 e. The normalized spacial score (nSPS) is 11.0. The number of hydrogen-bond acceptors (Lipinski definition) is 3. The number of aromatic nitrogens is 1. The van der Waals surface area contributed by atoms with Crippen molar-refractivity contribution >= 4 is 39.2 Å². The molecule has 1 aromatic heterocycles. The van der Waals surface area contributed by atoms with E-state index < -0.39 is 5.97 Å². The molecule has 4 nitrogen and oxygen atoms in total. The Morgan fingerprint density at radius 1 is 1.07 bits per heavy atom. The maximum Gasteiger partial charge on any atom is 0.338 e. The summed E-state index contributed by atoms with van der Waals surface area (Å²) in [5, 5.41) is 2.64. The summed E-state index contributed by atoms with van der Waals surface area (Å²) in [4.78, 5) is 28.5. The summed E-state index contributed by atoms with van der Waals surface area (Å²) in [7, 11) is 0. The number of pyridine rings is 1. The van der Waals surface area contributed by atoms with Gasteiger partial charge in [0.25, 0.3) is 0 Å². The molecule has 0 bridgehead atoms. The van der Waals surface area contributed by atoms with Crippen LogP contribution in [-0.2, 0) is 4.74 Å². The van der Waals surface area contributed by atoms with Gasteiger partial charge in [-0.25, -0.2) is 4.79 Å². The molecule has 0 aliphatic rings. The molecule has 5 heteroatoms. The summed E-state index contributed by atoms with van der Waals surface area (Å²) in [6.45, 7) is 2.04. The van der Waals surface area contributed by atoms with E-state index in [1.165, 1.54) is 6.07 Å². The third-order valence-electron chi connectivity index (χ3n) is 4.50. The van der Waals surface area contributed by atoms with Crippen molar-refractivity contribution < 1.29 is 9.53 Å². The van der Waals surface area contributed by atoms with Crippen molar-refractivity contribution in [3.05, 3.63) is 81.5 Å². The predicted molar refractivity (Wildman–Crippen MR) is 108 cm³/mol. The van der Waals surface area contributed by atoms with Crippen molar-refractivity contribution in [2.75, 3.05) is 6.61 Å². The monoisotopic (exact) mass is 377 g/mol. The van der Waals surface area contributed by atoms with E-state index >= 15 is 0 Å². The van der Waals surface area contributed by atoms with Crippen molar-refractivity contribution in [1.82, 2.24) is 4.98 Å². The van der Waals surface area contributed by atoms with Crippen LogP contribution in [0.1, 0.15) is 17.3 Å². The fourth-order valence-corrected chi connectivity index (χ4v) is 3.38. The second-order valence-electron chi connectivity index (χ2n) is 6.17. The number of fused-ring (bicyclic) bond motifs is 3. The summed E-state index contributed by atoms with van der Waals surface area (Å²) < 4.78 is 5.24. The number of halogens is 1. The molecule has 0 unspecified atom stereocenters. The number of carbonyl (C=O) groups excluding carboxylic acids is 1. The van der Waals surface area contributed by atoms with Gasteiger partial charge in [0.2, 0.25) is 0 Å². The molecular weight excluding hydrogens is 362 g/mol. The van der Waals surface area contributed by atoms with E-state index in [4.69, 9.17) is 16.3 Å². The molecule has 1 heterocycles. The number of H-pyrrole nitrogens is 1. The molecule has 0 spiro atoms. The minimum Gasteiger partial charge on any atom is -0.462 e. The van der Waals surface area contributed by atoms with Crippen LogP contribution in [0.5, 0.6) is 0 Å². The zero-order valence-corrected chi connectivity index (χ0v) is 15.3. The van der Waals surface area contributed by atoms with Gasteiger partial charge in [0, 0.05) is 16.1 Å². The largest absolute Gasteiger partial charge is 0.462 e. The zero-order chi connectivity index (χ0) is 19.0. The van der Waals surface area contributed by atoms with Gasteiger partial charge in [-0.3, -0.25) is 4.79 Å². The van der Waals surface area contributed by atoms with Gasteiger partial charge in [-0.2, -0.15) is 0 Å². The van der Waals surface area contributed by atoms with Gasteiger partial charge < -0.3 is 9.72 Å². The molecule has 0 aliphatic carbocycles. The number of rotatable bonds is 3. The molecule has 4 aromatic rings. The molecule has 0 fully saturated rings. The van der Waals surface area contributed by atoms with Crippen molar-refractivity contribution in [3.8, 4) is 11.3 Å². The molecule has 0 amide bonds. The first kappa shape index (κ1) is 17.3. The Kier molecular flexibility index (Phi) is 4.42. The first-order chi connectivity index (χ1) is 13.1. The number of nitrogens with one attached hydrogen (secondary N) is 1. The predicted octanol–water partition coefficient (Wildman–Crippen LogP) is 5.18. The van der Waals surface area contributed by atoms with Crippen LogP contribution in [0.4, 0.5) is 0 Å². The van der Waals surface area contributed by atoms with E-state index in [1.54, 1.807) is 31.2 Å². The van der Waals surface area contributed by atoms with Crippen molar-refractivity contribution in [1.29, 1.82) is 0 Å². The van der Waals surface area contributed by atoms with Crippen LogP contribution in [-0.4, -0.2) is 17.6 Å². The molecule has 0 aliphatic heterocycles. The standard InChI is InChI=1S/C22H16ClNO3/c1-2-27-22(26)17-12-18(13-6-9-15(23)10-7-13)24-21-16(17)11-8-14-4-3-5-19(25)20(14)21/h3-12,24H,2H2,1H3. The topological polar surface area (TPSA) is 59.2 Å². The number of ether oxygens (including phenoxy) is 1. The summed E-state index contributed by atoms with van der Waals surface area (Å²) in [6, 6.07) is 17.8. The molecule has 4 rings (SSSR count). The van der Waals surface area contributed by atoms with Gasteiger partial charge in [-0.15, -0.1) is 0 Å². The minimum atomic E-state index is -0.422. The van der Waals surface area contributed by atoms with Gasteiger partial charge in [-0.05, 0) is 42.1 Å². The second-order valence-corrected chi connectivity index (χ2v) is 6.60. The number of benzene rings is 3. The molecule has 1 N–H and O–H groups in total. The Balaban J connectivity index is 2.10. The van der Waals surface area contributed by atoms with E-state index in [0.29, 0.717) is 32.6 Å². The van der Waals surface area contributed by atoms with Crippen molar-refractivity contribution in [2.24, 2.45) is 0 Å². The molecule has 0 radical (unpaired) electrons. The Morgan fingerprint density at radius 2 is 1.85 bits per heavy atom. The van der Waals surface area contributed by atoms with E-state index in [9.17, 15) is 9.59 Å². The Labute approximate surface area is 160 Å². The van der Waals surface area contributed by atoms with Crippen LogP contribution in [0.2, 0.25) is 5.02 Å². The molecule has 134 valence electrons. The Hall–Kier alpha value is -3.11. The maximum atomic E-state index is 12.6. The molecule has 27 heavy (non-hydrogen) atoms. The van der Waals surface area contributed by atoms with E-state index in [-0.39, 0.29) is 12.0 Å². The molecule has 0 saturated carbocycles. The van der Waals surface area contributed by atoms with Gasteiger partial charge in [0.15, 0.2) is 5.43 Å². The average molecular weight is 378 g/mol. The highest BCUT2D eigenvalue weighted by Gasteiger charge is 2.16.